The Hall–Kier alpha value is -4.78. The Morgan fingerprint density at radius 2 is 1.85 bits per heavy atom. The van der Waals surface area contributed by atoms with Crippen LogP contribution in [0.3, 0.4) is 0 Å². The number of rotatable bonds is 3. The zero-order valence-electron chi connectivity index (χ0n) is 21.9. The molecule has 1 atom stereocenters. The second-order valence-corrected chi connectivity index (χ2v) is 9.48. The number of halogens is 2. The van der Waals surface area contributed by atoms with Crippen LogP contribution in [0, 0.1) is 13.8 Å². The lowest BCUT2D eigenvalue weighted by Crippen LogP contribution is -2.54. The number of aryl methyl sites for hydroxylation is 2. The first-order valence-electron chi connectivity index (χ1n) is 12.4. The molecule has 0 aromatic carbocycles. The van der Waals surface area contributed by atoms with E-state index in [-0.39, 0.29) is 54.5 Å². The van der Waals surface area contributed by atoms with Crippen molar-refractivity contribution in [2.24, 2.45) is 0 Å². The summed E-state index contributed by atoms with van der Waals surface area (Å²) in [5, 5.41) is 11.8. The van der Waals surface area contributed by atoms with Gasteiger partial charge >= 0.3 is 5.69 Å². The molecule has 4 heterocycles. The number of anilines is 2. The van der Waals surface area contributed by atoms with Crippen LogP contribution in [-0.4, -0.2) is 67.0 Å². The number of carbonyl (C=O) groups excluding carboxylic acids is 2. The van der Waals surface area contributed by atoms with Crippen LogP contribution in [0.1, 0.15) is 23.9 Å². The van der Waals surface area contributed by atoms with Crippen molar-refractivity contribution in [2.45, 2.75) is 26.8 Å². The van der Waals surface area contributed by atoms with Crippen LogP contribution in [0.2, 0.25) is 0 Å². The molecule has 1 saturated heterocycles. The molecule has 206 valence electrons. The maximum Gasteiger partial charge on any atom is 0.355 e. The van der Waals surface area contributed by atoms with Crippen LogP contribution in [0.4, 0.5) is 20.4 Å². The number of piperazine rings is 1. The highest BCUT2D eigenvalue weighted by Crippen LogP contribution is 2.42. The normalized spacial score (nSPS) is 20.8. The largest absolute Gasteiger partial charge is 0.355 e. The van der Waals surface area contributed by atoms with Gasteiger partial charge in [-0.3, -0.25) is 14.8 Å². The Kier molecular flexibility index (Phi) is 6.75. The highest BCUT2D eigenvalue weighted by Gasteiger charge is 2.38. The molecule has 0 unspecified atom stereocenters. The number of nitrogens with zero attached hydrogens (tertiary/aromatic N) is 7. The molecular formula is C27H25F2N7O4. The summed E-state index contributed by atoms with van der Waals surface area (Å²) in [6.07, 6.45) is 6.70. The number of hydroxylamine groups is 1. The van der Waals surface area contributed by atoms with Crippen LogP contribution in [-0.2, 0) is 9.59 Å². The first-order valence-corrected chi connectivity index (χ1v) is 12.4. The van der Waals surface area contributed by atoms with Gasteiger partial charge in [-0.25, -0.2) is 33.2 Å². The van der Waals surface area contributed by atoms with Crippen molar-refractivity contribution in [1.29, 1.82) is 0 Å². The SMILES string of the molecule is C=CC(=O)N1CCN(c2nc(=O)n(-c3c(C)ncnc3C)c3c2C=C(F)/C(=C2\C(=O)C=CC=C2F)N3O)[C@@H](C)C1. The van der Waals surface area contributed by atoms with Crippen LogP contribution >= 0.6 is 0 Å². The second-order valence-electron chi connectivity index (χ2n) is 9.48. The van der Waals surface area contributed by atoms with E-state index >= 15 is 4.39 Å². The summed E-state index contributed by atoms with van der Waals surface area (Å²) >= 11 is 0. The van der Waals surface area contributed by atoms with Gasteiger partial charge in [-0.2, -0.15) is 4.98 Å². The fraction of sp³-hybridized carbons (Fsp3) is 0.259. The second kappa shape index (κ2) is 10.1. The van der Waals surface area contributed by atoms with E-state index in [2.05, 4.69) is 21.5 Å². The lowest BCUT2D eigenvalue weighted by molar-refractivity contribution is -0.126. The smallest absolute Gasteiger partial charge is 0.350 e. The van der Waals surface area contributed by atoms with Gasteiger partial charge in [0.15, 0.2) is 17.4 Å². The van der Waals surface area contributed by atoms with E-state index in [1.165, 1.54) is 18.5 Å². The molecule has 1 N–H and O–H groups in total. The average Bonchev–Trinajstić information content (AvgIpc) is 2.90. The third kappa shape index (κ3) is 4.24. The molecular weight excluding hydrogens is 524 g/mol. The molecule has 11 nitrogen and oxygen atoms in total. The Morgan fingerprint density at radius 3 is 2.48 bits per heavy atom. The first-order chi connectivity index (χ1) is 19.0. The number of fused-ring (bicyclic) bond motifs is 1. The Bertz CT molecular complexity index is 1640. The maximum atomic E-state index is 15.8. The number of ketones is 1. The Labute approximate surface area is 227 Å². The molecule has 2 aromatic rings. The van der Waals surface area contributed by atoms with E-state index in [0.717, 1.165) is 22.8 Å². The molecule has 40 heavy (non-hydrogen) atoms. The molecule has 1 aliphatic carbocycles. The number of hydrogen-bond donors (Lipinski definition) is 1. The van der Waals surface area contributed by atoms with E-state index in [4.69, 9.17) is 0 Å². The summed E-state index contributed by atoms with van der Waals surface area (Å²) in [4.78, 5) is 54.3. The van der Waals surface area contributed by atoms with Crippen LogP contribution in [0.15, 0.2) is 64.9 Å². The Balaban J connectivity index is 1.79. The van der Waals surface area contributed by atoms with Crippen LogP contribution in [0.5, 0.6) is 0 Å². The molecule has 3 aliphatic rings. The molecule has 5 rings (SSSR count). The fourth-order valence-electron chi connectivity index (χ4n) is 5.14. The van der Waals surface area contributed by atoms with Gasteiger partial charge in [-0.1, -0.05) is 12.7 Å². The minimum Gasteiger partial charge on any atom is -0.350 e. The van der Waals surface area contributed by atoms with Crippen molar-refractivity contribution in [3.05, 3.63) is 87.6 Å². The summed E-state index contributed by atoms with van der Waals surface area (Å²) in [6.45, 7) is 9.35. The number of allylic oxidation sites excluding steroid dienone is 6. The number of carbonyl (C=O) groups is 2. The van der Waals surface area contributed by atoms with Crippen LogP contribution < -0.4 is 15.7 Å². The molecule has 2 aliphatic heterocycles. The summed E-state index contributed by atoms with van der Waals surface area (Å²) in [6, 6.07) is -0.359. The summed E-state index contributed by atoms with van der Waals surface area (Å²) in [5.74, 6) is -3.51. The third-order valence-corrected chi connectivity index (χ3v) is 7.01. The molecule has 1 fully saturated rings. The predicted molar refractivity (Wildman–Crippen MR) is 142 cm³/mol. The number of hydrogen-bond acceptors (Lipinski definition) is 9. The molecule has 0 spiro atoms. The quantitative estimate of drug-likeness (QED) is 0.576. The summed E-state index contributed by atoms with van der Waals surface area (Å²) < 4.78 is 31.6. The van der Waals surface area contributed by atoms with E-state index in [0.29, 0.717) is 16.5 Å². The van der Waals surface area contributed by atoms with Gasteiger partial charge in [0.25, 0.3) is 0 Å². The van der Waals surface area contributed by atoms with Crippen molar-refractivity contribution in [3.8, 4) is 5.69 Å². The molecule has 1 amide bonds. The van der Waals surface area contributed by atoms with Crippen molar-refractivity contribution in [1.82, 2.24) is 24.4 Å². The minimum atomic E-state index is -1.11. The zero-order chi connectivity index (χ0) is 28.9. The summed E-state index contributed by atoms with van der Waals surface area (Å²) in [7, 11) is 0. The predicted octanol–water partition coefficient (Wildman–Crippen LogP) is 2.63. The lowest BCUT2D eigenvalue weighted by Gasteiger charge is -2.41. The van der Waals surface area contributed by atoms with Gasteiger partial charge in [0.05, 0.1) is 28.2 Å². The van der Waals surface area contributed by atoms with Crippen molar-refractivity contribution >= 4 is 29.4 Å². The molecule has 0 radical (unpaired) electrons. The van der Waals surface area contributed by atoms with Crippen molar-refractivity contribution in [2.75, 3.05) is 29.6 Å². The van der Waals surface area contributed by atoms with Gasteiger partial charge in [-0.15, -0.1) is 0 Å². The minimum absolute atomic E-state index is 0.00476. The number of amides is 1. The van der Waals surface area contributed by atoms with E-state index in [1.807, 2.05) is 6.92 Å². The summed E-state index contributed by atoms with van der Waals surface area (Å²) in [5.41, 5.74) is -1.41. The first kappa shape index (κ1) is 26.8. The average molecular weight is 550 g/mol. The van der Waals surface area contributed by atoms with Gasteiger partial charge in [0.1, 0.15) is 23.7 Å². The monoisotopic (exact) mass is 549 g/mol. The Morgan fingerprint density at radius 1 is 1.15 bits per heavy atom. The topological polar surface area (TPSA) is 125 Å². The van der Waals surface area contributed by atoms with E-state index < -0.39 is 34.4 Å². The third-order valence-electron chi connectivity index (χ3n) is 7.01. The van der Waals surface area contributed by atoms with E-state index in [1.54, 1.807) is 23.6 Å². The maximum absolute atomic E-state index is 15.8. The molecule has 0 bridgehead atoms. The molecule has 13 heteroatoms. The fourth-order valence-corrected chi connectivity index (χ4v) is 5.14. The van der Waals surface area contributed by atoms with Crippen molar-refractivity contribution < 1.29 is 23.6 Å². The van der Waals surface area contributed by atoms with Crippen LogP contribution in [0.25, 0.3) is 11.8 Å². The van der Waals surface area contributed by atoms with Gasteiger partial charge in [0, 0.05) is 25.7 Å². The van der Waals surface area contributed by atoms with Gasteiger partial charge in [0.2, 0.25) is 5.91 Å². The van der Waals surface area contributed by atoms with Crippen molar-refractivity contribution in [3.63, 3.8) is 0 Å². The lowest BCUT2D eigenvalue weighted by atomic mass is 9.98. The highest BCUT2D eigenvalue weighted by molar-refractivity contribution is 6.10. The highest BCUT2D eigenvalue weighted by atomic mass is 19.1. The standard InChI is InChI=1S/C27H25F2N7O4/c1-5-21(38)33-9-10-34(14(2)12-33)25-17-11-19(29)24(22-18(28)7-6-8-20(22)37)36(40)26(17)35(27(39)32-25)23-15(3)30-13-31-16(23)4/h5-8,11,13-14,40H,1,9-10,12H2,2-4H3/b24-22+/t14-/m0/s1. The number of aromatic nitrogens is 4. The van der Waals surface area contributed by atoms with Gasteiger partial charge < -0.3 is 9.80 Å². The van der Waals surface area contributed by atoms with E-state index in [9.17, 15) is 24.0 Å². The zero-order valence-corrected chi connectivity index (χ0v) is 21.9. The van der Waals surface area contributed by atoms with Gasteiger partial charge in [-0.05, 0) is 45.1 Å². The molecule has 0 saturated carbocycles. The molecule has 2 aromatic heterocycles.